The summed E-state index contributed by atoms with van der Waals surface area (Å²) in [5.74, 6) is -1.50. The predicted molar refractivity (Wildman–Crippen MR) is 268 cm³/mol. The van der Waals surface area contributed by atoms with Crippen LogP contribution in [0.5, 0.6) is 0 Å². The highest BCUT2D eigenvalue weighted by molar-refractivity contribution is 7.16. The second kappa shape index (κ2) is 23.7. The Balaban J connectivity index is 0.835. The number of unbranched alkanes of at least 4 members (excludes halogenated alkanes) is 6. The van der Waals surface area contributed by atoms with Crippen LogP contribution in [0.1, 0.15) is 142 Å². The fourth-order valence-corrected chi connectivity index (χ4v) is 10.1. The number of ether oxygens (including phenoxy) is 1. The van der Waals surface area contributed by atoms with Gasteiger partial charge in [0.25, 0.3) is 11.8 Å². The topological polar surface area (TPSA) is 212 Å². The molecule has 0 bridgehead atoms. The molecule has 6 rings (SSSR count). The molecule has 2 aromatic heterocycles. The van der Waals surface area contributed by atoms with Gasteiger partial charge in [-0.05, 0) is 81.3 Å². The van der Waals surface area contributed by atoms with E-state index in [1.807, 2.05) is 78.2 Å². The zero-order valence-electron chi connectivity index (χ0n) is 40.9. The molecule has 0 unspecified atom stereocenters. The summed E-state index contributed by atoms with van der Waals surface area (Å²) < 4.78 is 5.50. The normalized spacial score (nSPS) is 16.3. The van der Waals surface area contributed by atoms with Gasteiger partial charge in [-0.25, -0.2) is 14.8 Å². The van der Waals surface area contributed by atoms with E-state index in [4.69, 9.17) is 4.74 Å². The van der Waals surface area contributed by atoms with Crippen molar-refractivity contribution in [3.63, 3.8) is 0 Å². The maximum absolute atomic E-state index is 14.0. The molecule has 69 heavy (non-hydrogen) atoms. The van der Waals surface area contributed by atoms with E-state index in [1.54, 1.807) is 40.5 Å². The van der Waals surface area contributed by atoms with Crippen LogP contribution in [-0.4, -0.2) is 104 Å². The summed E-state index contributed by atoms with van der Waals surface area (Å²) in [4.78, 5) is 92.9. The Hall–Kier alpha value is -5.72. The van der Waals surface area contributed by atoms with Gasteiger partial charge in [-0.1, -0.05) is 88.5 Å². The van der Waals surface area contributed by atoms with E-state index >= 15 is 0 Å². The van der Waals surface area contributed by atoms with Crippen molar-refractivity contribution in [2.24, 2.45) is 5.41 Å². The smallest absolute Gasteiger partial charge is 0.410 e. The predicted octanol–water partition coefficient (Wildman–Crippen LogP) is 7.78. The summed E-state index contributed by atoms with van der Waals surface area (Å²) in [6, 6.07) is 12.7. The van der Waals surface area contributed by atoms with Crippen LogP contribution in [0, 0.1) is 12.3 Å². The molecule has 0 spiro atoms. The van der Waals surface area contributed by atoms with Gasteiger partial charge in [0.2, 0.25) is 17.7 Å². The number of β-amino-alcohol motifs (C(OH)–C–C–N with tert-alkyl or cyclic N) is 1. The van der Waals surface area contributed by atoms with Crippen molar-refractivity contribution in [3.8, 4) is 10.4 Å². The van der Waals surface area contributed by atoms with E-state index in [-0.39, 0.29) is 61.6 Å². The van der Waals surface area contributed by atoms with Gasteiger partial charge in [-0.3, -0.25) is 29.3 Å². The highest BCUT2D eigenvalue weighted by Crippen LogP contribution is 2.31. The molecule has 4 aromatic rings. The van der Waals surface area contributed by atoms with Gasteiger partial charge in [0.05, 0.1) is 34.4 Å². The van der Waals surface area contributed by atoms with Gasteiger partial charge in [0.15, 0.2) is 5.13 Å². The summed E-state index contributed by atoms with van der Waals surface area (Å²) in [5.41, 5.74) is 5.24. The monoisotopic (exact) mass is 984 g/mol. The molecule has 1 saturated heterocycles. The van der Waals surface area contributed by atoms with Crippen molar-refractivity contribution in [1.29, 1.82) is 0 Å². The number of carbonyl (C=O) groups is 6. The van der Waals surface area contributed by atoms with Crippen molar-refractivity contribution in [2.75, 3.05) is 25.0 Å². The van der Waals surface area contributed by atoms with Crippen LogP contribution in [0.25, 0.3) is 10.4 Å². The number of nitrogens with zero attached hydrogens (tertiary/aromatic N) is 4. The third-order valence-corrected chi connectivity index (χ3v) is 14.1. The molecule has 18 heteroatoms. The first-order valence-electron chi connectivity index (χ1n) is 24.0. The molecule has 5 N–H and O–H groups in total. The average molecular weight is 985 g/mol. The van der Waals surface area contributed by atoms with Crippen molar-refractivity contribution in [3.05, 3.63) is 87.0 Å². The number of aromatic nitrogens is 2. The number of thiazole rings is 2. The van der Waals surface area contributed by atoms with Crippen LogP contribution in [-0.2, 0) is 38.6 Å². The summed E-state index contributed by atoms with van der Waals surface area (Å²) in [6.45, 7) is 14.8. The number of hydrogen-bond acceptors (Lipinski definition) is 12. The summed E-state index contributed by atoms with van der Waals surface area (Å²) in [5, 5.41) is 22.7. The van der Waals surface area contributed by atoms with E-state index in [2.05, 4.69) is 31.2 Å². The van der Waals surface area contributed by atoms with Gasteiger partial charge in [0, 0.05) is 61.4 Å². The van der Waals surface area contributed by atoms with E-state index in [0.29, 0.717) is 48.7 Å². The number of nitrogens with one attached hydrogen (secondary N) is 4. The molecule has 6 amide bonds. The van der Waals surface area contributed by atoms with Gasteiger partial charge in [0.1, 0.15) is 17.7 Å². The van der Waals surface area contributed by atoms with Gasteiger partial charge in [-0.15, -0.1) is 11.3 Å². The Morgan fingerprint density at radius 1 is 0.855 bits per heavy atom. The molecule has 2 aliphatic heterocycles. The highest BCUT2D eigenvalue weighted by atomic mass is 32.1. The van der Waals surface area contributed by atoms with E-state index in [1.165, 1.54) is 16.2 Å². The fraction of sp³-hybridized carbons (Fsp3) is 0.529. The molecule has 0 aliphatic carbocycles. The minimum absolute atomic E-state index is 0.0174. The third-order valence-electron chi connectivity index (χ3n) is 12.1. The lowest BCUT2D eigenvalue weighted by atomic mass is 9.85. The van der Waals surface area contributed by atoms with Crippen molar-refractivity contribution >= 4 is 63.4 Å². The Bertz CT molecular complexity index is 2420. The van der Waals surface area contributed by atoms with Crippen LogP contribution in [0.2, 0.25) is 0 Å². The highest BCUT2D eigenvalue weighted by Gasteiger charge is 2.44. The number of carbonyl (C=O) groups excluding carboxylic acids is 6. The molecular formula is C51H68N8O8S2. The quantitative estimate of drug-likeness (QED) is 0.0576. The lowest BCUT2D eigenvalue weighted by molar-refractivity contribution is -0.144. The lowest BCUT2D eigenvalue weighted by Crippen LogP contribution is -2.57. The van der Waals surface area contributed by atoms with Crippen LogP contribution in [0.4, 0.5) is 9.93 Å². The molecule has 372 valence electrons. The van der Waals surface area contributed by atoms with E-state index < -0.39 is 29.2 Å². The molecule has 0 saturated carbocycles. The number of aliphatic hydroxyl groups is 1. The van der Waals surface area contributed by atoms with Gasteiger partial charge < -0.3 is 35.6 Å². The number of amides is 6. The SMILES string of the molecule is Cc1ncsc1-c1ccc(CNC(=O)[C@H]2C[C@H](O)CN2C(=O)[C@@H](NC(=O)CCCCCCCCCNC(=O)c2ccc(C(=O)Nc3nc4c(s3)CN(C(=O)OC(C)(C)C)CC4)cc2)C(C)(C)C)cc1. The number of aliphatic hydroxyl groups excluding tert-OH is 1. The van der Waals surface area contributed by atoms with Crippen LogP contribution in [0.15, 0.2) is 54.0 Å². The molecular weight excluding hydrogens is 917 g/mol. The molecule has 3 atom stereocenters. The number of rotatable bonds is 19. The Morgan fingerprint density at radius 2 is 1.51 bits per heavy atom. The summed E-state index contributed by atoms with van der Waals surface area (Å²) in [6.07, 6.45) is 6.00. The van der Waals surface area contributed by atoms with Crippen LogP contribution < -0.4 is 21.3 Å². The van der Waals surface area contributed by atoms with Crippen molar-refractivity contribution in [2.45, 2.75) is 150 Å². The zero-order chi connectivity index (χ0) is 49.9. The Morgan fingerprint density at radius 3 is 2.14 bits per heavy atom. The summed E-state index contributed by atoms with van der Waals surface area (Å²) >= 11 is 2.91. The number of hydrogen-bond donors (Lipinski definition) is 5. The maximum Gasteiger partial charge on any atom is 0.410 e. The fourth-order valence-electron chi connectivity index (χ4n) is 8.29. The number of likely N-dealkylation sites (tertiary alicyclic amines) is 1. The minimum Gasteiger partial charge on any atom is -0.444 e. The number of benzene rings is 2. The lowest BCUT2D eigenvalue weighted by Gasteiger charge is -2.35. The molecule has 1 fully saturated rings. The maximum atomic E-state index is 14.0. The van der Waals surface area contributed by atoms with Gasteiger partial charge in [-0.2, -0.15) is 0 Å². The van der Waals surface area contributed by atoms with Crippen LogP contribution in [0.3, 0.4) is 0 Å². The zero-order valence-corrected chi connectivity index (χ0v) is 42.6. The molecule has 2 aromatic carbocycles. The largest absolute Gasteiger partial charge is 0.444 e. The summed E-state index contributed by atoms with van der Waals surface area (Å²) in [7, 11) is 0. The first-order chi connectivity index (χ1) is 32.8. The van der Waals surface area contributed by atoms with Crippen LogP contribution >= 0.6 is 22.7 Å². The molecule has 2 aliphatic rings. The molecule has 16 nitrogen and oxygen atoms in total. The Labute approximate surface area is 413 Å². The molecule has 4 heterocycles. The minimum atomic E-state index is -0.872. The average Bonchev–Trinajstić information content (AvgIpc) is 4.04. The Kier molecular flexibility index (Phi) is 18.1. The number of aryl methyl sites for hydroxylation is 1. The standard InChI is InChI=1S/C51H68N8O8S2/c1-32-42(68-31-54-32)34-18-16-33(17-19-34)28-53-46(64)39-27-37(60)29-59(39)47(65)43(50(2,3)4)56-41(61)15-13-11-9-8-10-12-14-25-52-44(62)35-20-22-36(23-21-35)45(63)57-48-55-38-24-26-58(30-40(38)69-48)49(66)67-51(5,6)7/h16-23,31,37,39,43,60H,8-15,24-30H2,1-7H3,(H,52,62)(H,53,64)(H,56,61)(H,55,57,63)/t37-,39+,43+/m0/s1. The van der Waals surface area contributed by atoms with E-state index in [9.17, 15) is 33.9 Å². The second-order valence-electron chi connectivity index (χ2n) is 20.0. The first-order valence-corrected chi connectivity index (χ1v) is 25.7. The van der Waals surface area contributed by atoms with Crippen molar-refractivity contribution in [1.82, 2.24) is 35.7 Å². The second-order valence-corrected chi connectivity index (χ2v) is 21.9. The third kappa shape index (κ3) is 15.1. The number of fused-ring (bicyclic) bond motifs is 1. The van der Waals surface area contributed by atoms with Gasteiger partial charge >= 0.3 is 6.09 Å². The van der Waals surface area contributed by atoms with E-state index in [0.717, 1.165) is 70.8 Å². The van der Waals surface area contributed by atoms with Crippen molar-refractivity contribution < 1.29 is 38.6 Å². The number of anilines is 1. The molecule has 0 radical (unpaired) electrons. The first kappa shape index (κ1) is 52.6.